The van der Waals surface area contributed by atoms with E-state index >= 15 is 0 Å². The third-order valence-corrected chi connectivity index (χ3v) is 5.25. The van der Waals surface area contributed by atoms with Gasteiger partial charge in [0.15, 0.2) is 0 Å². The molecule has 1 fully saturated rings. The molecule has 0 spiro atoms. The molecule has 0 amide bonds. The maximum atomic E-state index is 3.52. The summed E-state index contributed by atoms with van der Waals surface area (Å²) < 4.78 is 0. The smallest absolute Gasteiger partial charge is 0.0316 e. The van der Waals surface area contributed by atoms with Gasteiger partial charge in [-0.25, -0.2) is 0 Å². The van der Waals surface area contributed by atoms with Crippen molar-refractivity contribution in [2.75, 3.05) is 11.9 Å². The van der Waals surface area contributed by atoms with E-state index in [1.165, 1.54) is 25.8 Å². The molecule has 0 aromatic rings. The Morgan fingerprint density at radius 3 is 2.88 bits per heavy atom. The molecule has 2 rings (SSSR count). The number of alkyl halides is 1. The van der Waals surface area contributed by atoms with Gasteiger partial charge < -0.3 is 4.90 Å². The van der Waals surface area contributed by atoms with E-state index in [-0.39, 0.29) is 0 Å². The molecule has 17 heavy (non-hydrogen) atoms. The summed E-state index contributed by atoms with van der Waals surface area (Å²) in [5, 5.41) is 1.13. The monoisotopic (exact) mass is 297 g/mol. The second-order valence-electron chi connectivity index (χ2n) is 5.89. The number of halogens is 1. The van der Waals surface area contributed by atoms with Crippen LogP contribution in [0.1, 0.15) is 40.0 Å². The van der Waals surface area contributed by atoms with Crippen LogP contribution in [0.5, 0.6) is 0 Å². The van der Waals surface area contributed by atoms with Crippen molar-refractivity contribution >= 4 is 15.9 Å². The molecule has 2 heteroatoms. The first-order chi connectivity index (χ1) is 8.09. The minimum atomic E-state index is 0.408. The van der Waals surface area contributed by atoms with Crippen LogP contribution in [-0.2, 0) is 0 Å². The van der Waals surface area contributed by atoms with Gasteiger partial charge in [0.05, 0.1) is 0 Å². The molecule has 0 bridgehead atoms. The van der Waals surface area contributed by atoms with Crippen molar-refractivity contribution < 1.29 is 0 Å². The molecule has 1 aliphatic carbocycles. The van der Waals surface area contributed by atoms with Gasteiger partial charge >= 0.3 is 0 Å². The van der Waals surface area contributed by atoms with Gasteiger partial charge in [-0.1, -0.05) is 41.9 Å². The van der Waals surface area contributed by atoms with E-state index in [0.717, 1.165) is 11.2 Å². The third-order valence-electron chi connectivity index (χ3n) is 4.69. The number of rotatable bonds is 4. The Balaban J connectivity index is 2.14. The van der Waals surface area contributed by atoms with Crippen LogP contribution in [0.25, 0.3) is 0 Å². The summed E-state index contributed by atoms with van der Waals surface area (Å²) in [5.74, 6) is 0.728. The average Bonchev–Trinajstić information content (AvgIpc) is 2.51. The van der Waals surface area contributed by atoms with Gasteiger partial charge in [-0.3, -0.25) is 0 Å². The summed E-state index contributed by atoms with van der Waals surface area (Å²) in [6.45, 7) is 8.47. The zero-order valence-electron chi connectivity index (χ0n) is 11.2. The van der Waals surface area contributed by atoms with Crippen molar-refractivity contribution in [1.29, 1.82) is 0 Å². The largest absolute Gasteiger partial charge is 0.371 e. The highest BCUT2D eigenvalue weighted by Crippen LogP contribution is 2.50. The lowest BCUT2D eigenvalue weighted by Gasteiger charge is -2.31. The minimum absolute atomic E-state index is 0.408. The molecule has 0 saturated carbocycles. The highest BCUT2D eigenvalue weighted by molar-refractivity contribution is 9.09. The van der Waals surface area contributed by atoms with E-state index < -0.39 is 0 Å². The first-order valence-corrected chi connectivity index (χ1v) is 7.90. The number of likely N-dealkylation sites (tertiary alicyclic amines) is 1. The van der Waals surface area contributed by atoms with Gasteiger partial charge in [0.25, 0.3) is 0 Å². The van der Waals surface area contributed by atoms with Crippen molar-refractivity contribution in [2.24, 2.45) is 11.3 Å². The molecular formula is C15H24BrN. The Labute approximate surface area is 114 Å². The van der Waals surface area contributed by atoms with Gasteiger partial charge in [0.2, 0.25) is 0 Å². The van der Waals surface area contributed by atoms with Crippen molar-refractivity contribution in [3.63, 3.8) is 0 Å². The molecule has 1 nitrogen and oxygen atoms in total. The standard InChI is InChI=1S/C15H24BrN/c1-12-15(2,3)13-8-4-5-9-14(13)17(12)11-7-6-10-16/h4-5,9,12-13H,6-8,10-11H2,1-3H3. The molecule has 2 aliphatic rings. The van der Waals surface area contributed by atoms with Crippen LogP contribution in [0.2, 0.25) is 0 Å². The quantitative estimate of drug-likeness (QED) is 0.551. The molecule has 1 heterocycles. The fraction of sp³-hybridized carbons (Fsp3) is 0.733. The summed E-state index contributed by atoms with van der Waals surface area (Å²) in [6.07, 6.45) is 10.7. The summed E-state index contributed by atoms with van der Waals surface area (Å²) >= 11 is 3.52. The normalized spacial score (nSPS) is 30.4. The van der Waals surface area contributed by atoms with E-state index in [1.54, 1.807) is 5.70 Å². The Bertz CT molecular complexity index is 330. The van der Waals surface area contributed by atoms with E-state index in [4.69, 9.17) is 0 Å². The maximum absolute atomic E-state index is 3.52. The van der Waals surface area contributed by atoms with Gasteiger partial charge in [0, 0.05) is 29.5 Å². The van der Waals surface area contributed by atoms with Crippen LogP contribution < -0.4 is 0 Å². The van der Waals surface area contributed by atoms with Crippen LogP contribution in [0.4, 0.5) is 0 Å². The topological polar surface area (TPSA) is 3.24 Å². The fourth-order valence-corrected chi connectivity index (χ4v) is 3.61. The number of allylic oxidation sites excluding steroid dienone is 4. The third kappa shape index (κ3) is 2.33. The highest BCUT2D eigenvalue weighted by Gasteiger charge is 2.47. The van der Waals surface area contributed by atoms with Crippen molar-refractivity contribution in [1.82, 2.24) is 4.90 Å². The molecule has 2 unspecified atom stereocenters. The zero-order chi connectivity index (χ0) is 12.5. The lowest BCUT2D eigenvalue weighted by molar-refractivity contribution is 0.187. The number of hydrogen-bond donors (Lipinski definition) is 0. The average molecular weight is 298 g/mol. The van der Waals surface area contributed by atoms with Crippen LogP contribution >= 0.6 is 15.9 Å². The van der Waals surface area contributed by atoms with E-state index in [0.29, 0.717) is 11.5 Å². The number of unbranched alkanes of at least 4 members (excludes halogenated alkanes) is 1. The minimum Gasteiger partial charge on any atom is -0.371 e. The maximum Gasteiger partial charge on any atom is 0.0316 e. The van der Waals surface area contributed by atoms with Crippen LogP contribution in [0, 0.1) is 11.3 Å². The van der Waals surface area contributed by atoms with Crippen LogP contribution in [-0.4, -0.2) is 22.8 Å². The summed E-state index contributed by atoms with van der Waals surface area (Å²) in [7, 11) is 0. The lowest BCUT2D eigenvalue weighted by atomic mass is 9.74. The molecule has 96 valence electrons. The molecule has 0 N–H and O–H groups in total. The lowest BCUT2D eigenvalue weighted by Crippen LogP contribution is -2.34. The number of nitrogens with zero attached hydrogens (tertiary/aromatic N) is 1. The van der Waals surface area contributed by atoms with Gasteiger partial charge in [0.1, 0.15) is 0 Å². The van der Waals surface area contributed by atoms with Crippen LogP contribution in [0.3, 0.4) is 0 Å². The second kappa shape index (κ2) is 5.17. The summed E-state index contributed by atoms with van der Waals surface area (Å²) in [6, 6.07) is 0.661. The molecule has 0 aromatic heterocycles. The predicted octanol–water partition coefficient (Wildman–Crippen LogP) is 4.35. The predicted molar refractivity (Wildman–Crippen MR) is 78.3 cm³/mol. The SMILES string of the molecule is CC1N(CCCCBr)C2=CC=CCC2C1(C)C. The van der Waals surface area contributed by atoms with Crippen LogP contribution in [0.15, 0.2) is 23.9 Å². The fourth-order valence-electron chi connectivity index (χ4n) is 3.21. The molecule has 2 atom stereocenters. The first kappa shape index (κ1) is 13.2. The van der Waals surface area contributed by atoms with Gasteiger partial charge in [-0.2, -0.15) is 0 Å². The Morgan fingerprint density at radius 2 is 2.18 bits per heavy atom. The van der Waals surface area contributed by atoms with Crippen molar-refractivity contribution in [3.05, 3.63) is 23.9 Å². The molecule has 1 aliphatic heterocycles. The highest BCUT2D eigenvalue weighted by atomic mass is 79.9. The molecular weight excluding hydrogens is 274 g/mol. The van der Waals surface area contributed by atoms with E-state index in [9.17, 15) is 0 Å². The number of fused-ring (bicyclic) bond motifs is 1. The van der Waals surface area contributed by atoms with Crippen molar-refractivity contribution in [3.8, 4) is 0 Å². The summed E-state index contributed by atoms with van der Waals surface area (Å²) in [4.78, 5) is 2.65. The molecule has 1 saturated heterocycles. The zero-order valence-corrected chi connectivity index (χ0v) is 12.8. The second-order valence-corrected chi connectivity index (χ2v) is 6.69. The summed E-state index contributed by atoms with van der Waals surface area (Å²) in [5.41, 5.74) is 1.99. The number of hydrogen-bond acceptors (Lipinski definition) is 1. The Hall–Kier alpha value is -0.240. The van der Waals surface area contributed by atoms with Crippen molar-refractivity contribution in [2.45, 2.75) is 46.1 Å². The molecule has 0 aromatic carbocycles. The van der Waals surface area contributed by atoms with E-state index in [1.807, 2.05) is 0 Å². The van der Waals surface area contributed by atoms with Gasteiger partial charge in [-0.05, 0) is 37.7 Å². The van der Waals surface area contributed by atoms with Gasteiger partial charge in [-0.15, -0.1) is 0 Å². The Kier molecular flexibility index (Phi) is 4.02. The molecule has 0 radical (unpaired) electrons. The first-order valence-electron chi connectivity index (χ1n) is 6.78. The van der Waals surface area contributed by atoms with E-state index in [2.05, 4.69) is 59.8 Å². The Morgan fingerprint density at radius 1 is 1.41 bits per heavy atom.